The SMILES string of the molecule is Nc1ncnc2c1ncn2C1OC(COC(=O)c2ccc(C=O)c(C=O)c2)C(O)C1O. The molecular weight excluding hydrogens is 410 g/mol. The van der Waals surface area contributed by atoms with Crippen LogP contribution < -0.4 is 5.73 Å². The Bertz CT molecular complexity index is 1160. The van der Waals surface area contributed by atoms with E-state index in [0.29, 0.717) is 23.7 Å². The van der Waals surface area contributed by atoms with Gasteiger partial charge in [0, 0.05) is 11.1 Å². The Morgan fingerprint density at radius 3 is 2.68 bits per heavy atom. The van der Waals surface area contributed by atoms with E-state index in [2.05, 4.69) is 15.0 Å². The molecule has 4 rings (SSSR count). The van der Waals surface area contributed by atoms with Gasteiger partial charge in [0.1, 0.15) is 36.8 Å². The first-order valence-corrected chi connectivity index (χ1v) is 9.10. The third kappa shape index (κ3) is 3.63. The van der Waals surface area contributed by atoms with Gasteiger partial charge < -0.3 is 25.4 Å². The monoisotopic (exact) mass is 427 g/mol. The second-order valence-corrected chi connectivity index (χ2v) is 6.81. The van der Waals surface area contributed by atoms with Gasteiger partial charge in [-0.25, -0.2) is 19.7 Å². The lowest BCUT2D eigenvalue weighted by Crippen LogP contribution is -2.34. The van der Waals surface area contributed by atoms with Crippen molar-refractivity contribution in [2.45, 2.75) is 24.5 Å². The molecule has 0 aliphatic carbocycles. The highest BCUT2D eigenvalue weighted by molar-refractivity contribution is 5.96. The predicted molar refractivity (Wildman–Crippen MR) is 103 cm³/mol. The zero-order chi connectivity index (χ0) is 22.1. The van der Waals surface area contributed by atoms with E-state index in [1.165, 1.54) is 35.4 Å². The topological polar surface area (TPSA) is 180 Å². The van der Waals surface area contributed by atoms with Crippen LogP contribution in [0.25, 0.3) is 11.2 Å². The Morgan fingerprint density at radius 1 is 1.16 bits per heavy atom. The number of aliphatic hydroxyl groups is 2. The Hall–Kier alpha value is -3.74. The fraction of sp³-hybridized carbons (Fsp3) is 0.263. The van der Waals surface area contributed by atoms with Crippen molar-refractivity contribution >= 4 is 35.5 Å². The third-order valence-electron chi connectivity index (χ3n) is 4.95. The molecule has 1 aliphatic rings. The molecule has 0 spiro atoms. The van der Waals surface area contributed by atoms with Gasteiger partial charge in [0.15, 0.2) is 30.3 Å². The molecule has 4 unspecified atom stereocenters. The fourth-order valence-corrected chi connectivity index (χ4v) is 3.31. The van der Waals surface area contributed by atoms with E-state index >= 15 is 0 Å². The van der Waals surface area contributed by atoms with Crippen LogP contribution in [0.5, 0.6) is 0 Å². The maximum Gasteiger partial charge on any atom is 0.338 e. The maximum absolute atomic E-state index is 12.3. The molecule has 1 saturated heterocycles. The van der Waals surface area contributed by atoms with Gasteiger partial charge in [0.25, 0.3) is 0 Å². The number of nitrogens with two attached hydrogens (primary N) is 1. The first-order chi connectivity index (χ1) is 14.9. The largest absolute Gasteiger partial charge is 0.459 e. The molecule has 1 aliphatic heterocycles. The number of anilines is 1. The summed E-state index contributed by atoms with van der Waals surface area (Å²) < 4.78 is 12.3. The number of nitrogen functional groups attached to an aromatic ring is 1. The van der Waals surface area contributed by atoms with Crippen molar-refractivity contribution in [3.63, 3.8) is 0 Å². The number of benzene rings is 1. The predicted octanol–water partition coefficient (Wildman–Crippen LogP) is -0.490. The van der Waals surface area contributed by atoms with Crippen LogP contribution in [0.3, 0.4) is 0 Å². The van der Waals surface area contributed by atoms with Gasteiger partial charge in [-0.15, -0.1) is 0 Å². The summed E-state index contributed by atoms with van der Waals surface area (Å²) in [6, 6.07) is 3.89. The van der Waals surface area contributed by atoms with E-state index in [9.17, 15) is 24.6 Å². The number of carbonyl (C=O) groups is 3. The van der Waals surface area contributed by atoms with Crippen molar-refractivity contribution in [2.75, 3.05) is 12.3 Å². The van der Waals surface area contributed by atoms with E-state index < -0.39 is 30.5 Å². The minimum Gasteiger partial charge on any atom is -0.459 e. The molecule has 31 heavy (non-hydrogen) atoms. The summed E-state index contributed by atoms with van der Waals surface area (Å²) in [5.41, 5.74) is 6.61. The van der Waals surface area contributed by atoms with E-state index in [4.69, 9.17) is 15.2 Å². The summed E-state index contributed by atoms with van der Waals surface area (Å²) in [6.07, 6.45) is -1.27. The minimum absolute atomic E-state index is 0.0464. The molecule has 0 saturated carbocycles. The molecular formula is C19H17N5O7. The lowest BCUT2D eigenvalue weighted by molar-refractivity contribution is -0.0565. The summed E-state index contributed by atoms with van der Waals surface area (Å²) in [5, 5.41) is 20.8. The number of carbonyl (C=O) groups excluding carboxylic acids is 3. The van der Waals surface area contributed by atoms with Crippen LogP contribution in [-0.4, -0.2) is 73.2 Å². The molecule has 160 valence electrons. The number of imidazole rings is 1. The fourth-order valence-electron chi connectivity index (χ4n) is 3.31. The molecule has 1 aromatic carbocycles. The van der Waals surface area contributed by atoms with Crippen molar-refractivity contribution < 1.29 is 34.1 Å². The standard InChI is InChI=1S/C19H17N5O7/c20-16-13-17(22-7-21-16)24(8-23-13)18-15(28)14(27)12(31-18)6-30-19(29)9-1-2-10(4-25)11(3-9)5-26/h1-5,7-8,12,14-15,18,27-28H,6H2,(H2,20,21,22). The number of aliphatic hydroxyl groups excluding tert-OH is 2. The normalized spacial score (nSPS) is 23.0. The van der Waals surface area contributed by atoms with E-state index in [1.807, 2.05) is 0 Å². The van der Waals surface area contributed by atoms with Gasteiger partial charge >= 0.3 is 5.97 Å². The number of aldehydes is 2. The van der Waals surface area contributed by atoms with Gasteiger partial charge in [0.2, 0.25) is 0 Å². The molecule has 12 nitrogen and oxygen atoms in total. The summed E-state index contributed by atoms with van der Waals surface area (Å²) in [7, 11) is 0. The van der Waals surface area contributed by atoms with Crippen LogP contribution in [0.1, 0.15) is 37.3 Å². The lowest BCUT2D eigenvalue weighted by atomic mass is 10.1. The van der Waals surface area contributed by atoms with Gasteiger partial charge in [0.05, 0.1) is 11.9 Å². The van der Waals surface area contributed by atoms with Crippen LogP contribution >= 0.6 is 0 Å². The maximum atomic E-state index is 12.3. The zero-order valence-electron chi connectivity index (χ0n) is 15.9. The van der Waals surface area contributed by atoms with Gasteiger partial charge in [-0.3, -0.25) is 14.2 Å². The summed E-state index contributed by atoms with van der Waals surface area (Å²) in [4.78, 5) is 46.3. The number of aromatic nitrogens is 4. The van der Waals surface area contributed by atoms with Crippen LogP contribution in [0, 0.1) is 0 Å². The molecule has 12 heteroatoms. The molecule has 3 aromatic rings. The van der Waals surface area contributed by atoms with Crippen LogP contribution in [0.15, 0.2) is 30.9 Å². The minimum atomic E-state index is -1.36. The van der Waals surface area contributed by atoms with Gasteiger partial charge in [-0.2, -0.15) is 0 Å². The average molecular weight is 427 g/mol. The van der Waals surface area contributed by atoms with Gasteiger partial charge in [-0.05, 0) is 12.1 Å². The molecule has 3 heterocycles. The molecule has 0 amide bonds. The van der Waals surface area contributed by atoms with Crippen molar-refractivity contribution in [3.05, 3.63) is 47.5 Å². The quantitative estimate of drug-likeness (QED) is 0.341. The highest BCUT2D eigenvalue weighted by Crippen LogP contribution is 2.32. The average Bonchev–Trinajstić information content (AvgIpc) is 3.33. The molecule has 0 bridgehead atoms. The Morgan fingerprint density at radius 2 is 1.94 bits per heavy atom. The number of hydrogen-bond donors (Lipinski definition) is 3. The first-order valence-electron chi connectivity index (χ1n) is 9.10. The summed E-state index contributed by atoms with van der Waals surface area (Å²) in [5.74, 6) is -0.638. The van der Waals surface area contributed by atoms with E-state index in [-0.39, 0.29) is 29.1 Å². The molecule has 4 atom stereocenters. The molecule has 0 radical (unpaired) electrons. The number of ether oxygens (including phenoxy) is 2. The van der Waals surface area contributed by atoms with Crippen molar-refractivity contribution in [1.82, 2.24) is 19.5 Å². The van der Waals surface area contributed by atoms with Crippen molar-refractivity contribution in [3.8, 4) is 0 Å². The van der Waals surface area contributed by atoms with Crippen LogP contribution in [0.4, 0.5) is 5.82 Å². The smallest absolute Gasteiger partial charge is 0.338 e. The highest BCUT2D eigenvalue weighted by atomic mass is 16.6. The van der Waals surface area contributed by atoms with Crippen molar-refractivity contribution in [2.24, 2.45) is 0 Å². The number of esters is 1. The third-order valence-corrected chi connectivity index (χ3v) is 4.95. The number of rotatable bonds is 6. The summed E-state index contributed by atoms with van der Waals surface area (Å²) in [6.45, 7) is -0.372. The van der Waals surface area contributed by atoms with Crippen LogP contribution in [0.2, 0.25) is 0 Å². The number of nitrogens with zero attached hydrogens (tertiary/aromatic N) is 4. The number of fused-ring (bicyclic) bond motifs is 1. The highest BCUT2D eigenvalue weighted by Gasteiger charge is 2.45. The second-order valence-electron chi connectivity index (χ2n) is 6.81. The van der Waals surface area contributed by atoms with E-state index in [0.717, 1.165) is 0 Å². The van der Waals surface area contributed by atoms with Crippen LogP contribution in [-0.2, 0) is 9.47 Å². The lowest BCUT2D eigenvalue weighted by Gasteiger charge is -2.16. The molecule has 4 N–H and O–H groups in total. The molecule has 1 fully saturated rings. The Labute approximate surface area is 174 Å². The number of hydrogen-bond acceptors (Lipinski definition) is 11. The van der Waals surface area contributed by atoms with E-state index in [1.54, 1.807) is 0 Å². The van der Waals surface area contributed by atoms with Gasteiger partial charge in [-0.1, -0.05) is 6.07 Å². The second kappa shape index (κ2) is 8.18. The Kier molecular flexibility index (Phi) is 5.42. The Balaban J connectivity index is 1.47. The molecule has 2 aromatic heterocycles. The first kappa shape index (κ1) is 20.5. The summed E-state index contributed by atoms with van der Waals surface area (Å²) >= 11 is 0. The van der Waals surface area contributed by atoms with Crippen molar-refractivity contribution in [1.29, 1.82) is 0 Å². The zero-order valence-corrected chi connectivity index (χ0v) is 15.9.